The van der Waals surface area contributed by atoms with E-state index in [9.17, 15) is 19.8 Å². The molecular formula is C29H48O4. The number of carboxylic acids is 2. The predicted molar refractivity (Wildman–Crippen MR) is 138 cm³/mol. The first-order chi connectivity index (χ1) is 15.9. The third kappa shape index (κ3) is 12.3. The van der Waals surface area contributed by atoms with Crippen molar-refractivity contribution in [3.05, 3.63) is 34.4 Å². The largest absolute Gasteiger partial charge is 0.478 e. The lowest BCUT2D eigenvalue weighted by atomic mass is 9.90. The minimum atomic E-state index is -1.16. The molecule has 0 bridgehead atoms. The highest BCUT2D eigenvalue weighted by Crippen LogP contribution is 2.24. The lowest BCUT2D eigenvalue weighted by Crippen LogP contribution is -2.14. The molecule has 1 aromatic rings. The standard InChI is InChI=1S/C29H48O4/c1-4-18-24-21-22-26(28(30)31)27(29(32)33)25(24)20-17-15-13-11-9-7-5-6-8-10-12-14-16-19-23(2)3/h21-23H,4-20H2,1-3H3,(H,30,31)(H,32,33). The summed E-state index contributed by atoms with van der Waals surface area (Å²) in [6.07, 6.45) is 20.4. The highest BCUT2D eigenvalue weighted by Gasteiger charge is 2.22. The van der Waals surface area contributed by atoms with Gasteiger partial charge in [0.2, 0.25) is 0 Å². The number of carboxylic acid groups (broad SMARTS) is 2. The summed E-state index contributed by atoms with van der Waals surface area (Å²) in [4.78, 5) is 23.3. The van der Waals surface area contributed by atoms with E-state index in [0.29, 0.717) is 6.42 Å². The molecule has 1 rings (SSSR count). The van der Waals surface area contributed by atoms with Crippen LogP contribution in [0, 0.1) is 5.92 Å². The number of aromatic carboxylic acids is 2. The van der Waals surface area contributed by atoms with Gasteiger partial charge in [0.05, 0.1) is 11.1 Å². The van der Waals surface area contributed by atoms with Crippen LogP contribution in [0.2, 0.25) is 0 Å². The first-order valence-electron chi connectivity index (χ1n) is 13.5. The van der Waals surface area contributed by atoms with Gasteiger partial charge in [-0.1, -0.05) is 117 Å². The number of aryl methyl sites for hydroxylation is 1. The average Bonchev–Trinajstić information content (AvgIpc) is 2.76. The highest BCUT2D eigenvalue weighted by atomic mass is 16.4. The third-order valence-electron chi connectivity index (χ3n) is 6.58. The van der Waals surface area contributed by atoms with E-state index in [1.54, 1.807) is 6.07 Å². The average molecular weight is 461 g/mol. The zero-order chi connectivity index (χ0) is 24.5. The van der Waals surface area contributed by atoms with Gasteiger partial charge >= 0.3 is 11.9 Å². The molecule has 1 aromatic carbocycles. The number of benzene rings is 1. The van der Waals surface area contributed by atoms with E-state index in [0.717, 1.165) is 42.7 Å². The normalized spacial score (nSPS) is 11.3. The Morgan fingerprint density at radius 3 is 1.61 bits per heavy atom. The zero-order valence-corrected chi connectivity index (χ0v) is 21.5. The summed E-state index contributed by atoms with van der Waals surface area (Å²) in [6.45, 7) is 6.67. The molecule has 0 aliphatic rings. The summed E-state index contributed by atoms with van der Waals surface area (Å²) in [6, 6.07) is 3.26. The molecule has 0 amide bonds. The van der Waals surface area contributed by atoms with Gasteiger partial charge in [0.25, 0.3) is 0 Å². The van der Waals surface area contributed by atoms with Gasteiger partial charge < -0.3 is 10.2 Å². The van der Waals surface area contributed by atoms with Crippen LogP contribution in [0.25, 0.3) is 0 Å². The van der Waals surface area contributed by atoms with Crippen molar-refractivity contribution in [3.8, 4) is 0 Å². The van der Waals surface area contributed by atoms with Crippen molar-refractivity contribution in [2.75, 3.05) is 0 Å². The second-order valence-corrected chi connectivity index (χ2v) is 10.0. The van der Waals surface area contributed by atoms with Crippen molar-refractivity contribution in [1.29, 1.82) is 0 Å². The Bertz CT molecular complexity index is 693. The van der Waals surface area contributed by atoms with E-state index in [-0.39, 0.29) is 11.1 Å². The number of hydrogen-bond acceptors (Lipinski definition) is 2. The van der Waals surface area contributed by atoms with E-state index in [4.69, 9.17) is 0 Å². The van der Waals surface area contributed by atoms with Crippen molar-refractivity contribution < 1.29 is 19.8 Å². The Hall–Kier alpha value is -1.84. The van der Waals surface area contributed by atoms with Gasteiger partial charge in [0.1, 0.15) is 0 Å². The molecule has 0 saturated carbocycles. The smallest absolute Gasteiger partial charge is 0.336 e. The predicted octanol–water partition coefficient (Wildman–Crippen LogP) is 8.70. The van der Waals surface area contributed by atoms with Gasteiger partial charge in [0, 0.05) is 0 Å². The molecular weight excluding hydrogens is 412 g/mol. The van der Waals surface area contributed by atoms with Gasteiger partial charge in [-0.25, -0.2) is 9.59 Å². The molecule has 188 valence electrons. The van der Waals surface area contributed by atoms with Gasteiger partial charge in [-0.2, -0.15) is 0 Å². The van der Waals surface area contributed by atoms with E-state index < -0.39 is 11.9 Å². The van der Waals surface area contributed by atoms with Crippen LogP contribution in [0.15, 0.2) is 12.1 Å². The number of unbranched alkanes of at least 4 members (excludes halogenated alkanes) is 12. The summed E-state index contributed by atoms with van der Waals surface area (Å²) in [5.74, 6) is -1.45. The molecule has 0 fully saturated rings. The topological polar surface area (TPSA) is 74.6 Å². The van der Waals surface area contributed by atoms with E-state index in [1.165, 1.54) is 83.1 Å². The molecule has 0 spiro atoms. The summed E-state index contributed by atoms with van der Waals surface area (Å²) < 4.78 is 0. The first kappa shape index (κ1) is 29.2. The molecule has 0 aromatic heterocycles. The third-order valence-corrected chi connectivity index (χ3v) is 6.58. The van der Waals surface area contributed by atoms with Crippen LogP contribution in [-0.4, -0.2) is 22.2 Å². The van der Waals surface area contributed by atoms with Crippen LogP contribution in [0.1, 0.15) is 149 Å². The summed E-state index contributed by atoms with van der Waals surface area (Å²) in [5, 5.41) is 19.1. The number of hydrogen-bond donors (Lipinski definition) is 2. The maximum atomic E-state index is 11.8. The van der Waals surface area contributed by atoms with Crippen molar-refractivity contribution in [1.82, 2.24) is 0 Å². The van der Waals surface area contributed by atoms with Gasteiger partial charge in [0.15, 0.2) is 0 Å². The maximum absolute atomic E-state index is 11.8. The molecule has 0 aliphatic heterocycles. The lowest BCUT2D eigenvalue weighted by Gasteiger charge is -2.15. The van der Waals surface area contributed by atoms with Gasteiger partial charge in [-0.15, -0.1) is 0 Å². The van der Waals surface area contributed by atoms with Gasteiger partial charge in [-0.3, -0.25) is 0 Å². The van der Waals surface area contributed by atoms with Crippen LogP contribution in [-0.2, 0) is 12.8 Å². The molecule has 33 heavy (non-hydrogen) atoms. The molecule has 0 atom stereocenters. The van der Waals surface area contributed by atoms with E-state index >= 15 is 0 Å². The van der Waals surface area contributed by atoms with E-state index in [2.05, 4.69) is 20.8 Å². The maximum Gasteiger partial charge on any atom is 0.336 e. The molecule has 4 nitrogen and oxygen atoms in total. The lowest BCUT2D eigenvalue weighted by molar-refractivity contribution is 0.0650. The summed E-state index contributed by atoms with van der Waals surface area (Å²) in [5.41, 5.74) is 1.62. The van der Waals surface area contributed by atoms with Crippen molar-refractivity contribution in [2.24, 2.45) is 5.92 Å². The Kier molecular flexibility index (Phi) is 15.6. The molecule has 0 aliphatic carbocycles. The highest BCUT2D eigenvalue weighted by molar-refractivity contribution is 6.03. The van der Waals surface area contributed by atoms with Crippen LogP contribution < -0.4 is 0 Å². The summed E-state index contributed by atoms with van der Waals surface area (Å²) in [7, 11) is 0. The molecule has 2 N–H and O–H groups in total. The molecule has 0 saturated heterocycles. The van der Waals surface area contributed by atoms with Crippen molar-refractivity contribution >= 4 is 11.9 Å². The quantitative estimate of drug-likeness (QED) is 0.191. The monoisotopic (exact) mass is 460 g/mol. The fourth-order valence-corrected chi connectivity index (χ4v) is 4.70. The second-order valence-electron chi connectivity index (χ2n) is 10.0. The fraction of sp³-hybridized carbons (Fsp3) is 0.724. The SMILES string of the molecule is CCCc1ccc(C(=O)O)c(C(=O)O)c1CCCCCCCCCCCCCCCC(C)C. The molecule has 4 heteroatoms. The molecule has 0 radical (unpaired) electrons. The van der Waals surface area contributed by atoms with Crippen LogP contribution in [0.5, 0.6) is 0 Å². The molecule has 0 heterocycles. The Balaban J connectivity index is 2.23. The minimum Gasteiger partial charge on any atom is -0.478 e. The Labute approximate surface area is 202 Å². The fourth-order valence-electron chi connectivity index (χ4n) is 4.70. The number of carbonyl (C=O) groups is 2. The minimum absolute atomic E-state index is 0.00614. The van der Waals surface area contributed by atoms with Crippen LogP contribution in [0.4, 0.5) is 0 Å². The molecule has 0 unspecified atom stereocenters. The van der Waals surface area contributed by atoms with Crippen molar-refractivity contribution in [3.63, 3.8) is 0 Å². The first-order valence-corrected chi connectivity index (χ1v) is 13.5. The Morgan fingerprint density at radius 1 is 0.697 bits per heavy atom. The second kappa shape index (κ2) is 17.6. The van der Waals surface area contributed by atoms with Crippen LogP contribution in [0.3, 0.4) is 0 Å². The Morgan fingerprint density at radius 2 is 1.18 bits per heavy atom. The van der Waals surface area contributed by atoms with Crippen molar-refractivity contribution in [2.45, 2.75) is 130 Å². The van der Waals surface area contributed by atoms with Crippen LogP contribution >= 0.6 is 0 Å². The van der Waals surface area contributed by atoms with E-state index in [1.807, 2.05) is 0 Å². The zero-order valence-electron chi connectivity index (χ0n) is 21.5. The summed E-state index contributed by atoms with van der Waals surface area (Å²) >= 11 is 0. The van der Waals surface area contributed by atoms with Gasteiger partial charge in [-0.05, 0) is 42.4 Å². The number of rotatable bonds is 20.